The number of benzene rings is 2. The molecule has 3 aromatic rings. The number of carbonyl (C=O) groups excluding carboxylic acids is 1. The van der Waals surface area contributed by atoms with Crippen LogP contribution in [0.4, 0.5) is 5.13 Å². The van der Waals surface area contributed by atoms with Crippen LogP contribution >= 0.6 is 27.3 Å². The highest BCUT2D eigenvalue weighted by Gasteiger charge is 2.11. The van der Waals surface area contributed by atoms with Crippen molar-refractivity contribution in [3.63, 3.8) is 0 Å². The summed E-state index contributed by atoms with van der Waals surface area (Å²) < 4.78 is 2.05. The number of anilines is 1. The highest BCUT2D eigenvalue weighted by molar-refractivity contribution is 9.10. The molecule has 0 aliphatic heterocycles. The third-order valence-electron chi connectivity index (χ3n) is 3.21. The largest absolute Gasteiger partial charge is 0.298 e. The molecule has 2 aromatic carbocycles. The lowest BCUT2D eigenvalue weighted by Gasteiger charge is -2.01. The maximum Gasteiger partial charge on any atom is 0.257 e. The molecule has 1 heterocycles. The van der Waals surface area contributed by atoms with E-state index in [0.717, 1.165) is 21.1 Å². The van der Waals surface area contributed by atoms with E-state index in [-0.39, 0.29) is 5.91 Å². The molecule has 0 atom stereocenters. The Labute approximate surface area is 135 Å². The van der Waals surface area contributed by atoms with Crippen molar-refractivity contribution in [3.05, 3.63) is 58.1 Å². The van der Waals surface area contributed by atoms with Crippen LogP contribution in [0.2, 0.25) is 0 Å². The van der Waals surface area contributed by atoms with Gasteiger partial charge in [-0.2, -0.15) is 0 Å². The Morgan fingerprint density at radius 1 is 1.24 bits per heavy atom. The van der Waals surface area contributed by atoms with E-state index in [1.807, 2.05) is 24.3 Å². The number of hydrogen-bond donors (Lipinski definition) is 1. The second kappa shape index (κ2) is 5.95. The minimum absolute atomic E-state index is 0.139. The van der Waals surface area contributed by atoms with E-state index in [2.05, 4.69) is 39.2 Å². The molecule has 0 unspecified atom stereocenters. The average molecular weight is 361 g/mol. The number of aryl methyl sites for hydroxylation is 1. The zero-order chi connectivity index (χ0) is 14.8. The van der Waals surface area contributed by atoms with Gasteiger partial charge in [0.15, 0.2) is 5.13 Å². The molecule has 1 amide bonds. The van der Waals surface area contributed by atoms with Gasteiger partial charge in [-0.05, 0) is 42.3 Å². The van der Waals surface area contributed by atoms with Gasteiger partial charge in [-0.15, -0.1) is 0 Å². The summed E-state index contributed by atoms with van der Waals surface area (Å²) in [5, 5.41) is 3.51. The number of hydrogen-bond acceptors (Lipinski definition) is 3. The first-order valence-electron chi connectivity index (χ1n) is 6.62. The molecule has 0 saturated heterocycles. The maximum absolute atomic E-state index is 12.2. The number of carbonyl (C=O) groups is 1. The van der Waals surface area contributed by atoms with Gasteiger partial charge in [-0.25, -0.2) is 4.98 Å². The lowest BCUT2D eigenvalue weighted by atomic mass is 10.1. The molecule has 0 saturated carbocycles. The molecule has 106 valence electrons. The van der Waals surface area contributed by atoms with Crippen LogP contribution in [-0.2, 0) is 6.42 Å². The Hall–Kier alpha value is -1.72. The molecule has 0 aliphatic rings. The van der Waals surface area contributed by atoms with E-state index in [9.17, 15) is 4.79 Å². The Morgan fingerprint density at radius 2 is 2.00 bits per heavy atom. The second-order valence-corrected chi connectivity index (χ2v) is 6.54. The minimum atomic E-state index is -0.139. The smallest absolute Gasteiger partial charge is 0.257 e. The molecule has 0 bridgehead atoms. The number of thiazole rings is 1. The molecule has 0 aliphatic carbocycles. The molecule has 0 spiro atoms. The van der Waals surface area contributed by atoms with E-state index in [1.165, 1.54) is 16.9 Å². The van der Waals surface area contributed by atoms with Crippen molar-refractivity contribution in [1.29, 1.82) is 0 Å². The fourth-order valence-corrected chi connectivity index (χ4v) is 3.29. The third kappa shape index (κ3) is 2.99. The number of amides is 1. The first-order valence-corrected chi connectivity index (χ1v) is 8.23. The van der Waals surface area contributed by atoms with Crippen molar-refractivity contribution in [3.8, 4) is 0 Å². The number of aromatic nitrogens is 1. The van der Waals surface area contributed by atoms with Crippen LogP contribution in [0.3, 0.4) is 0 Å². The summed E-state index contributed by atoms with van der Waals surface area (Å²) in [6.45, 7) is 2.11. The van der Waals surface area contributed by atoms with Gasteiger partial charge >= 0.3 is 0 Å². The molecule has 0 radical (unpaired) electrons. The van der Waals surface area contributed by atoms with Crippen LogP contribution in [-0.4, -0.2) is 10.9 Å². The van der Waals surface area contributed by atoms with Gasteiger partial charge < -0.3 is 0 Å². The first kappa shape index (κ1) is 14.2. The van der Waals surface area contributed by atoms with E-state index in [4.69, 9.17) is 0 Å². The monoisotopic (exact) mass is 360 g/mol. The fourth-order valence-electron chi connectivity index (χ4n) is 2.11. The maximum atomic E-state index is 12.2. The Bertz CT molecular complexity index is 796. The topological polar surface area (TPSA) is 42.0 Å². The minimum Gasteiger partial charge on any atom is -0.298 e. The molecule has 0 fully saturated rings. The molecule has 21 heavy (non-hydrogen) atoms. The van der Waals surface area contributed by atoms with Gasteiger partial charge in [0.25, 0.3) is 5.91 Å². The number of rotatable bonds is 3. The molecule has 3 nitrogen and oxygen atoms in total. The van der Waals surface area contributed by atoms with E-state index >= 15 is 0 Å². The standard InChI is InChI=1S/C16H13BrN2OS/c1-2-10-4-3-5-13-14(10)18-16(21-13)19-15(20)11-6-8-12(17)9-7-11/h3-9H,2H2,1H3,(H,18,19,20). The number of fused-ring (bicyclic) bond motifs is 1. The van der Waals surface area contributed by atoms with Gasteiger partial charge in [0.1, 0.15) is 0 Å². The van der Waals surface area contributed by atoms with Crippen LogP contribution in [0, 0.1) is 0 Å². The average Bonchev–Trinajstić information content (AvgIpc) is 2.90. The van der Waals surface area contributed by atoms with Gasteiger partial charge in [0, 0.05) is 10.0 Å². The number of nitrogens with zero attached hydrogens (tertiary/aromatic N) is 1. The van der Waals surface area contributed by atoms with E-state index in [1.54, 1.807) is 12.1 Å². The van der Waals surface area contributed by atoms with E-state index < -0.39 is 0 Å². The van der Waals surface area contributed by atoms with Crippen molar-refractivity contribution >= 4 is 48.5 Å². The van der Waals surface area contributed by atoms with Crippen molar-refractivity contribution in [2.24, 2.45) is 0 Å². The normalized spacial score (nSPS) is 10.8. The zero-order valence-corrected chi connectivity index (χ0v) is 13.8. The SMILES string of the molecule is CCc1cccc2sc(NC(=O)c3ccc(Br)cc3)nc12. The van der Waals surface area contributed by atoms with Gasteiger partial charge in [-0.1, -0.05) is 46.3 Å². The summed E-state index contributed by atoms with van der Waals surface area (Å²) in [4.78, 5) is 16.7. The Balaban J connectivity index is 1.88. The predicted octanol–water partition coefficient (Wildman–Crippen LogP) is 4.87. The van der Waals surface area contributed by atoms with E-state index in [0.29, 0.717) is 10.7 Å². The van der Waals surface area contributed by atoms with Gasteiger partial charge in [0.05, 0.1) is 10.2 Å². The van der Waals surface area contributed by atoms with Crippen molar-refractivity contribution in [1.82, 2.24) is 4.98 Å². The second-order valence-electron chi connectivity index (χ2n) is 4.60. The lowest BCUT2D eigenvalue weighted by Crippen LogP contribution is -2.11. The number of halogens is 1. The van der Waals surface area contributed by atoms with Gasteiger partial charge in [0.2, 0.25) is 0 Å². The summed E-state index contributed by atoms with van der Waals surface area (Å²) in [5.74, 6) is -0.139. The fraction of sp³-hybridized carbons (Fsp3) is 0.125. The quantitative estimate of drug-likeness (QED) is 0.723. The molecular formula is C16H13BrN2OS. The van der Waals surface area contributed by atoms with Crippen molar-refractivity contribution < 1.29 is 4.79 Å². The highest BCUT2D eigenvalue weighted by Crippen LogP contribution is 2.28. The summed E-state index contributed by atoms with van der Waals surface area (Å²) in [6.07, 6.45) is 0.932. The summed E-state index contributed by atoms with van der Waals surface area (Å²) in [6, 6.07) is 13.4. The Morgan fingerprint density at radius 3 is 2.71 bits per heavy atom. The van der Waals surface area contributed by atoms with Crippen LogP contribution in [0.5, 0.6) is 0 Å². The van der Waals surface area contributed by atoms with Crippen molar-refractivity contribution in [2.75, 3.05) is 5.32 Å². The van der Waals surface area contributed by atoms with Gasteiger partial charge in [-0.3, -0.25) is 10.1 Å². The Kier molecular flexibility index (Phi) is 4.03. The summed E-state index contributed by atoms with van der Waals surface area (Å²) >= 11 is 4.86. The highest BCUT2D eigenvalue weighted by atomic mass is 79.9. The molecule has 1 aromatic heterocycles. The predicted molar refractivity (Wildman–Crippen MR) is 91.1 cm³/mol. The molecule has 1 N–H and O–H groups in total. The molecule has 5 heteroatoms. The van der Waals surface area contributed by atoms with Crippen LogP contribution < -0.4 is 5.32 Å². The van der Waals surface area contributed by atoms with Crippen molar-refractivity contribution in [2.45, 2.75) is 13.3 Å². The lowest BCUT2D eigenvalue weighted by molar-refractivity contribution is 0.102. The van der Waals surface area contributed by atoms with Crippen LogP contribution in [0.25, 0.3) is 10.2 Å². The van der Waals surface area contributed by atoms with Crippen LogP contribution in [0.1, 0.15) is 22.8 Å². The number of nitrogens with one attached hydrogen (secondary N) is 1. The van der Waals surface area contributed by atoms with Crippen LogP contribution in [0.15, 0.2) is 46.9 Å². The molecule has 3 rings (SSSR count). The molecular weight excluding hydrogens is 348 g/mol. The zero-order valence-electron chi connectivity index (χ0n) is 11.4. The summed E-state index contributed by atoms with van der Waals surface area (Å²) in [5.41, 5.74) is 2.80. The number of para-hydroxylation sites is 1. The third-order valence-corrected chi connectivity index (χ3v) is 4.68. The first-order chi connectivity index (χ1) is 10.2. The summed E-state index contributed by atoms with van der Waals surface area (Å²) in [7, 11) is 0.